The molecule has 0 saturated carbocycles. The van der Waals surface area contributed by atoms with Gasteiger partial charge in [-0.05, 0) is 45.4 Å². The third-order valence-corrected chi connectivity index (χ3v) is 5.32. The largest absolute Gasteiger partial charge is 0.441 e. The van der Waals surface area contributed by atoms with Gasteiger partial charge in [-0.2, -0.15) is 13.2 Å². The minimum Gasteiger partial charge on any atom is -0.392 e. The van der Waals surface area contributed by atoms with E-state index in [-0.39, 0.29) is 34.3 Å². The number of aliphatic hydroxyl groups excluding tert-OH is 1. The van der Waals surface area contributed by atoms with Gasteiger partial charge in [0.1, 0.15) is 0 Å². The summed E-state index contributed by atoms with van der Waals surface area (Å²) in [6, 6.07) is 4.23. The quantitative estimate of drug-likeness (QED) is 0.728. The van der Waals surface area contributed by atoms with Crippen molar-refractivity contribution < 1.29 is 26.7 Å². The van der Waals surface area contributed by atoms with E-state index in [1.165, 1.54) is 18.2 Å². The molecule has 0 unspecified atom stereocenters. The van der Waals surface area contributed by atoms with Crippen LogP contribution in [0.1, 0.15) is 5.56 Å². The summed E-state index contributed by atoms with van der Waals surface area (Å²) < 4.78 is 61.9. The molecule has 0 fully saturated rings. The van der Waals surface area contributed by atoms with Gasteiger partial charge in [0.25, 0.3) is 0 Å². The van der Waals surface area contributed by atoms with Crippen LogP contribution in [0.3, 0.4) is 0 Å². The van der Waals surface area contributed by atoms with Crippen molar-refractivity contribution in [2.75, 3.05) is 12.3 Å². The molecule has 0 atom stereocenters. The molecule has 0 aromatic heterocycles. The fourth-order valence-corrected chi connectivity index (χ4v) is 3.88. The van der Waals surface area contributed by atoms with Crippen molar-refractivity contribution >= 4 is 37.7 Å². The molecule has 0 aliphatic rings. The molecule has 20 heavy (non-hydrogen) atoms. The van der Waals surface area contributed by atoms with Crippen molar-refractivity contribution in [1.82, 2.24) is 4.72 Å². The van der Waals surface area contributed by atoms with Crippen LogP contribution >= 0.6 is 27.7 Å². The van der Waals surface area contributed by atoms with Crippen molar-refractivity contribution in [3.63, 3.8) is 0 Å². The first-order valence-corrected chi connectivity index (χ1v) is 8.51. The first-order chi connectivity index (χ1) is 9.15. The van der Waals surface area contributed by atoms with Gasteiger partial charge in [-0.1, -0.05) is 6.07 Å². The third kappa shape index (κ3) is 5.60. The smallest absolute Gasteiger partial charge is 0.392 e. The van der Waals surface area contributed by atoms with Crippen molar-refractivity contribution in [1.29, 1.82) is 0 Å². The van der Waals surface area contributed by atoms with Crippen molar-refractivity contribution in [2.24, 2.45) is 0 Å². The molecule has 2 N–H and O–H groups in total. The highest BCUT2D eigenvalue weighted by molar-refractivity contribution is 9.10. The fourth-order valence-electron chi connectivity index (χ4n) is 1.27. The lowest BCUT2D eigenvalue weighted by Gasteiger charge is -2.10. The van der Waals surface area contributed by atoms with Crippen LogP contribution in [0.5, 0.6) is 0 Å². The van der Waals surface area contributed by atoms with E-state index in [9.17, 15) is 21.6 Å². The number of rotatable bonds is 6. The van der Waals surface area contributed by atoms with Crippen molar-refractivity contribution in [3.05, 3.63) is 28.2 Å². The van der Waals surface area contributed by atoms with Crippen LogP contribution in [0.15, 0.2) is 27.6 Å². The molecule has 0 radical (unpaired) electrons. The summed E-state index contributed by atoms with van der Waals surface area (Å²) in [6.45, 7) is -0.679. The molecule has 1 aromatic carbocycles. The molecule has 0 amide bonds. The standard InChI is InChI=1S/C10H11BrF3NO3S2/c11-8-2-1-7(6-16)5-9(8)20(17,18)15-3-4-19-10(12,13)14/h1-2,5,15-16H,3-4,6H2. The zero-order valence-corrected chi connectivity index (χ0v) is 13.2. The molecule has 4 nitrogen and oxygen atoms in total. The minimum atomic E-state index is -4.39. The molecule has 10 heteroatoms. The van der Waals surface area contributed by atoms with Gasteiger partial charge in [-0.25, -0.2) is 13.1 Å². The number of hydrogen-bond acceptors (Lipinski definition) is 4. The van der Waals surface area contributed by atoms with E-state index in [1.807, 2.05) is 0 Å². The highest BCUT2D eigenvalue weighted by Crippen LogP contribution is 2.29. The summed E-state index contributed by atoms with van der Waals surface area (Å²) in [4.78, 5) is -0.124. The number of sulfonamides is 1. The first-order valence-electron chi connectivity index (χ1n) is 5.25. The average Bonchev–Trinajstić information content (AvgIpc) is 2.34. The predicted molar refractivity (Wildman–Crippen MR) is 73.8 cm³/mol. The van der Waals surface area contributed by atoms with Gasteiger partial charge < -0.3 is 5.11 Å². The summed E-state index contributed by atoms with van der Waals surface area (Å²) in [7, 11) is -3.93. The maximum absolute atomic E-state index is 11.9. The Morgan fingerprint density at radius 3 is 2.55 bits per heavy atom. The van der Waals surface area contributed by atoms with Crippen LogP contribution in [-0.4, -0.2) is 31.3 Å². The van der Waals surface area contributed by atoms with Crippen LogP contribution < -0.4 is 4.72 Å². The monoisotopic (exact) mass is 393 g/mol. The van der Waals surface area contributed by atoms with Crippen molar-refractivity contribution in [2.45, 2.75) is 17.0 Å². The van der Waals surface area contributed by atoms with E-state index in [2.05, 4.69) is 20.7 Å². The Hall–Kier alpha value is -0.290. The number of hydrogen-bond donors (Lipinski definition) is 2. The highest BCUT2D eigenvalue weighted by Gasteiger charge is 2.28. The molecule has 0 saturated heterocycles. The van der Waals surface area contributed by atoms with Gasteiger partial charge in [-0.15, -0.1) is 0 Å². The van der Waals surface area contributed by atoms with Crippen LogP contribution in [0.2, 0.25) is 0 Å². The van der Waals surface area contributed by atoms with Gasteiger partial charge in [0, 0.05) is 16.8 Å². The van der Waals surface area contributed by atoms with Crippen LogP contribution in [-0.2, 0) is 16.6 Å². The molecule has 0 aliphatic heterocycles. The Kier molecular flexibility index (Phi) is 6.32. The molecule has 0 bridgehead atoms. The van der Waals surface area contributed by atoms with E-state index < -0.39 is 21.3 Å². The van der Waals surface area contributed by atoms with Gasteiger partial charge in [0.05, 0.1) is 11.5 Å². The van der Waals surface area contributed by atoms with E-state index >= 15 is 0 Å². The average molecular weight is 394 g/mol. The normalized spacial score (nSPS) is 12.7. The number of nitrogens with one attached hydrogen (secondary N) is 1. The Morgan fingerprint density at radius 1 is 1.35 bits per heavy atom. The van der Waals surface area contributed by atoms with E-state index in [1.54, 1.807) is 0 Å². The van der Waals surface area contributed by atoms with E-state index in [4.69, 9.17) is 5.11 Å². The molecule has 0 aliphatic carbocycles. The van der Waals surface area contributed by atoms with Gasteiger partial charge in [0.15, 0.2) is 0 Å². The number of thioether (sulfide) groups is 1. The molecular formula is C10H11BrF3NO3S2. The Labute approximate surface area is 126 Å². The second-order valence-electron chi connectivity index (χ2n) is 3.61. The van der Waals surface area contributed by atoms with Crippen LogP contribution in [0.4, 0.5) is 13.2 Å². The first kappa shape index (κ1) is 17.8. The lowest BCUT2D eigenvalue weighted by molar-refractivity contribution is -0.0327. The van der Waals surface area contributed by atoms with Gasteiger partial charge in [0.2, 0.25) is 10.0 Å². The Morgan fingerprint density at radius 2 is 2.00 bits per heavy atom. The Balaban J connectivity index is 2.74. The second kappa shape index (κ2) is 7.12. The highest BCUT2D eigenvalue weighted by atomic mass is 79.9. The lowest BCUT2D eigenvalue weighted by Crippen LogP contribution is -2.27. The van der Waals surface area contributed by atoms with Crippen LogP contribution in [0.25, 0.3) is 0 Å². The van der Waals surface area contributed by atoms with E-state index in [0.717, 1.165) is 0 Å². The van der Waals surface area contributed by atoms with Crippen molar-refractivity contribution in [3.8, 4) is 0 Å². The number of halogens is 4. The maximum Gasteiger partial charge on any atom is 0.441 e. The maximum atomic E-state index is 11.9. The Bertz CT molecular complexity index is 563. The summed E-state index contributed by atoms with van der Waals surface area (Å²) in [5, 5.41) is 8.96. The summed E-state index contributed by atoms with van der Waals surface area (Å²) in [5.74, 6) is -0.417. The molecule has 1 rings (SSSR count). The molecular weight excluding hydrogens is 383 g/mol. The van der Waals surface area contributed by atoms with Crippen LogP contribution in [0, 0.1) is 0 Å². The fraction of sp³-hybridized carbons (Fsp3) is 0.400. The molecule has 0 spiro atoms. The zero-order chi connectivity index (χ0) is 15.4. The molecule has 1 aromatic rings. The van der Waals surface area contributed by atoms with Gasteiger partial charge in [-0.3, -0.25) is 0 Å². The summed E-state index contributed by atoms with van der Waals surface area (Å²) in [5.41, 5.74) is -4.00. The SMILES string of the molecule is O=S(=O)(NCCSC(F)(F)F)c1cc(CO)ccc1Br. The predicted octanol–water partition coefficient (Wildman–Crippen LogP) is 2.47. The van der Waals surface area contributed by atoms with Gasteiger partial charge >= 0.3 is 5.51 Å². The number of aliphatic hydroxyl groups is 1. The molecule has 114 valence electrons. The van der Waals surface area contributed by atoms with E-state index in [0.29, 0.717) is 5.56 Å². The lowest BCUT2D eigenvalue weighted by atomic mass is 10.2. The summed E-state index contributed by atoms with van der Waals surface area (Å²) in [6.07, 6.45) is 0. The third-order valence-electron chi connectivity index (χ3n) is 2.13. The second-order valence-corrected chi connectivity index (χ2v) is 7.36. The zero-order valence-electron chi connectivity index (χ0n) is 9.95. The minimum absolute atomic E-state index is 0.124. The number of benzene rings is 1. The molecule has 0 heterocycles. The topological polar surface area (TPSA) is 66.4 Å². The number of alkyl halides is 3. The summed E-state index contributed by atoms with van der Waals surface area (Å²) >= 11 is 2.75.